The molecule has 2 atom stereocenters. The van der Waals surface area contributed by atoms with Crippen molar-refractivity contribution in [1.82, 2.24) is 0 Å². The van der Waals surface area contributed by atoms with E-state index in [0.717, 1.165) is 12.8 Å². The van der Waals surface area contributed by atoms with Gasteiger partial charge in [-0.25, -0.2) is 9.13 Å². The van der Waals surface area contributed by atoms with E-state index >= 15 is 0 Å². The molecule has 0 aliphatic heterocycles. The van der Waals surface area contributed by atoms with E-state index in [1.807, 2.05) is 12.2 Å². The molecule has 0 spiro atoms. The van der Waals surface area contributed by atoms with Crippen LogP contribution in [0, 0.1) is 5.92 Å². The summed E-state index contributed by atoms with van der Waals surface area (Å²) in [6, 6.07) is 0. The molecule has 1 aliphatic carbocycles. The Morgan fingerprint density at radius 1 is 1.45 bits per heavy atom. The zero-order valence-electron chi connectivity index (χ0n) is 6.14. The van der Waals surface area contributed by atoms with Crippen LogP contribution in [-0.2, 0) is 9.13 Å². The fraction of sp³-hybridized carbons (Fsp3) is 0.714. The summed E-state index contributed by atoms with van der Waals surface area (Å²) < 4.78 is 20.7. The third kappa shape index (κ3) is 2.28. The molecule has 0 saturated heterocycles. The first-order valence-corrected chi connectivity index (χ1v) is 4.93. The Balaban J connectivity index is 2.53. The van der Waals surface area contributed by atoms with E-state index < -0.39 is 13.5 Å². The van der Waals surface area contributed by atoms with Gasteiger partial charge in [0.05, 0.1) is 0 Å². The standard InChI is InChI=1S/C7H11O3P/c8-7(11(9)10)6-4-2-1-3-5-6/h1-2,6-8H,3-5H2/t6-,7+/m1/s1. The van der Waals surface area contributed by atoms with Gasteiger partial charge < -0.3 is 5.11 Å². The molecule has 1 N–H and O–H groups in total. The van der Waals surface area contributed by atoms with Crippen LogP contribution in [0.25, 0.3) is 0 Å². The van der Waals surface area contributed by atoms with Crippen molar-refractivity contribution in [3.05, 3.63) is 12.2 Å². The lowest BCUT2D eigenvalue weighted by molar-refractivity contribution is 0.169. The second-order valence-corrected chi connectivity index (χ2v) is 3.84. The highest BCUT2D eigenvalue weighted by atomic mass is 31.1. The van der Waals surface area contributed by atoms with Gasteiger partial charge in [-0.15, -0.1) is 0 Å². The van der Waals surface area contributed by atoms with E-state index in [2.05, 4.69) is 0 Å². The number of hydrogen-bond acceptors (Lipinski definition) is 3. The van der Waals surface area contributed by atoms with Crippen molar-refractivity contribution in [3.63, 3.8) is 0 Å². The Labute approximate surface area is 65.9 Å². The summed E-state index contributed by atoms with van der Waals surface area (Å²) in [4.78, 5) is 0. The molecule has 0 bridgehead atoms. The molecule has 0 saturated carbocycles. The number of allylic oxidation sites excluding steroid dienone is 2. The minimum Gasteiger partial charge on any atom is -0.378 e. The Bertz CT molecular complexity index is 212. The first-order valence-electron chi connectivity index (χ1n) is 3.68. The van der Waals surface area contributed by atoms with Gasteiger partial charge in [-0.3, -0.25) is 0 Å². The van der Waals surface area contributed by atoms with Gasteiger partial charge in [0, 0.05) is 5.92 Å². The Kier molecular flexibility index (Phi) is 3.03. The van der Waals surface area contributed by atoms with Gasteiger partial charge in [0.2, 0.25) is 0 Å². The van der Waals surface area contributed by atoms with Crippen molar-refractivity contribution in [3.8, 4) is 0 Å². The summed E-state index contributed by atoms with van der Waals surface area (Å²) in [6.07, 6.45) is 6.29. The maximum atomic E-state index is 10.4. The van der Waals surface area contributed by atoms with E-state index in [0.29, 0.717) is 6.42 Å². The first kappa shape index (κ1) is 8.69. The van der Waals surface area contributed by atoms with Crippen molar-refractivity contribution < 1.29 is 14.2 Å². The van der Waals surface area contributed by atoms with Crippen molar-refractivity contribution in [2.45, 2.75) is 25.1 Å². The summed E-state index contributed by atoms with van der Waals surface area (Å²) in [5.74, 6) is -1.23. The Morgan fingerprint density at radius 3 is 2.64 bits per heavy atom. The van der Waals surface area contributed by atoms with Crippen LogP contribution in [0.3, 0.4) is 0 Å². The second kappa shape index (κ2) is 3.84. The minimum absolute atomic E-state index is 0.0823. The lowest BCUT2D eigenvalue weighted by atomic mass is 9.95. The van der Waals surface area contributed by atoms with Crippen molar-refractivity contribution in [1.29, 1.82) is 0 Å². The normalized spacial score (nSPS) is 26.5. The molecule has 0 radical (unpaired) electrons. The molecule has 1 aliphatic rings. The largest absolute Gasteiger partial charge is 0.378 e. The summed E-state index contributed by atoms with van der Waals surface area (Å²) in [7, 11) is -2.66. The maximum Gasteiger partial charge on any atom is 0.345 e. The third-order valence-corrected chi connectivity index (χ3v) is 2.80. The molecule has 0 aromatic rings. The average Bonchev–Trinajstić information content (AvgIpc) is 2.05. The monoisotopic (exact) mass is 174 g/mol. The van der Waals surface area contributed by atoms with Gasteiger partial charge in [0.15, 0.2) is 5.85 Å². The first-order chi connectivity index (χ1) is 5.22. The predicted octanol–water partition coefficient (Wildman–Crippen LogP) is 1.83. The van der Waals surface area contributed by atoms with Gasteiger partial charge in [-0.2, -0.15) is 0 Å². The van der Waals surface area contributed by atoms with Crippen molar-refractivity contribution in [2.75, 3.05) is 0 Å². The lowest BCUT2D eigenvalue weighted by Crippen LogP contribution is -2.16. The van der Waals surface area contributed by atoms with Crippen LogP contribution >= 0.6 is 7.68 Å². The molecule has 11 heavy (non-hydrogen) atoms. The smallest absolute Gasteiger partial charge is 0.345 e. The van der Waals surface area contributed by atoms with Crippen LogP contribution in [0.2, 0.25) is 0 Å². The van der Waals surface area contributed by atoms with Gasteiger partial charge >= 0.3 is 7.68 Å². The summed E-state index contributed by atoms with van der Waals surface area (Å²) in [5, 5.41) is 9.12. The number of hydrogen-bond donors (Lipinski definition) is 1. The maximum absolute atomic E-state index is 10.4. The van der Waals surface area contributed by atoms with Crippen LogP contribution in [0.1, 0.15) is 19.3 Å². The molecule has 4 heteroatoms. The molecule has 62 valence electrons. The quantitative estimate of drug-likeness (QED) is 0.513. The lowest BCUT2D eigenvalue weighted by Gasteiger charge is -2.17. The number of rotatable bonds is 2. The van der Waals surface area contributed by atoms with Crippen molar-refractivity contribution in [2.24, 2.45) is 5.92 Å². The highest BCUT2D eigenvalue weighted by Crippen LogP contribution is 2.29. The van der Waals surface area contributed by atoms with E-state index in [1.54, 1.807) is 0 Å². The molecule has 0 heterocycles. The van der Waals surface area contributed by atoms with Crippen LogP contribution in [0.15, 0.2) is 12.2 Å². The van der Waals surface area contributed by atoms with E-state index in [-0.39, 0.29) is 5.92 Å². The minimum atomic E-state index is -2.66. The van der Waals surface area contributed by atoms with Gasteiger partial charge in [0.25, 0.3) is 0 Å². The summed E-state index contributed by atoms with van der Waals surface area (Å²) >= 11 is 0. The molecule has 1 rings (SSSR count). The zero-order valence-corrected chi connectivity index (χ0v) is 7.04. The van der Waals surface area contributed by atoms with Gasteiger partial charge in [0.1, 0.15) is 0 Å². The van der Waals surface area contributed by atoms with Crippen LogP contribution in [0.5, 0.6) is 0 Å². The average molecular weight is 174 g/mol. The molecular formula is C7H11O3P. The van der Waals surface area contributed by atoms with E-state index in [1.165, 1.54) is 0 Å². The molecule has 0 aromatic carbocycles. The van der Waals surface area contributed by atoms with Crippen LogP contribution < -0.4 is 0 Å². The fourth-order valence-corrected chi connectivity index (χ4v) is 1.87. The van der Waals surface area contributed by atoms with E-state index in [9.17, 15) is 9.13 Å². The zero-order chi connectivity index (χ0) is 8.27. The molecule has 0 amide bonds. The SMILES string of the molecule is O=P(=O)[C@H](O)[C@@H]1CC=CCC1. The molecular weight excluding hydrogens is 163 g/mol. The Morgan fingerprint density at radius 2 is 2.18 bits per heavy atom. The van der Waals surface area contributed by atoms with Crippen LogP contribution in [-0.4, -0.2) is 11.0 Å². The van der Waals surface area contributed by atoms with E-state index in [4.69, 9.17) is 5.11 Å². The summed E-state index contributed by atoms with van der Waals surface area (Å²) in [5.41, 5.74) is 0. The van der Waals surface area contributed by atoms with Crippen molar-refractivity contribution >= 4 is 7.68 Å². The molecule has 3 nitrogen and oxygen atoms in total. The molecule has 0 fully saturated rings. The fourth-order valence-electron chi connectivity index (χ4n) is 1.26. The molecule has 0 aromatic heterocycles. The third-order valence-electron chi connectivity index (χ3n) is 1.95. The highest BCUT2D eigenvalue weighted by Gasteiger charge is 2.23. The number of aliphatic hydroxyl groups excluding tert-OH is 1. The topological polar surface area (TPSA) is 54.4 Å². The highest BCUT2D eigenvalue weighted by molar-refractivity contribution is 7.31. The van der Waals surface area contributed by atoms with Crippen LogP contribution in [0.4, 0.5) is 0 Å². The number of aliphatic hydroxyl groups is 1. The second-order valence-electron chi connectivity index (χ2n) is 2.74. The van der Waals surface area contributed by atoms with Gasteiger partial charge in [-0.1, -0.05) is 12.2 Å². The summed E-state index contributed by atoms with van der Waals surface area (Å²) in [6.45, 7) is 0. The van der Waals surface area contributed by atoms with Gasteiger partial charge in [-0.05, 0) is 19.3 Å². The predicted molar refractivity (Wildman–Crippen MR) is 40.8 cm³/mol. The Hall–Kier alpha value is -0.400. The molecule has 0 unspecified atom stereocenters.